The highest BCUT2D eigenvalue weighted by atomic mass is 19.1. The minimum Gasteiger partial charge on any atom is -0.326 e. The van der Waals surface area contributed by atoms with E-state index in [2.05, 4.69) is 5.32 Å². The Labute approximate surface area is 177 Å². The van der Waals surface area contributed by atoms with Crippen molar-refractivity contribution in [2.24, 2.45) is 11.8 Å². The van der Waals surface area contributed by atoms with Crippen molar-refractivity contribution in [3.05, 3.63) is 102 Å². The average molecular weight is 403 g/mol. The number of halogens is 1. The maximum Gasteiger partial charge on any atom is 0.228 e. The van der Waals surface area contributed by atoms with Crippen LogP contribution in [0.15, 0.2) is 84.9 Å². The van der Waals surface area contributed by atoms with Crippen LogP contribution in [0.4, 0.5) is 10.1 Å². The van der Waals surface area contributed by atoms with Gasteiger partial charge in [-0.25, -0.2) is 4.39 Å². The molecule has 2 atom stereocenters. The van der Waals surface area contributed by atoms with E-state index in [-0.39, 0.29) is 17.6 Å². The molecule has 3 rings (SSSR count). The Kier molecular flexibility index (Phi) is 7.12. The average Bonchev–Trinajstić information content (AvgIpc) is 2.75. The molecule has 0 aliphatic carbocycles. The zero-order chi connectivity index (χ0) is 21.5. The second kappa shape index (κ2) is 9.97. The lowest BCUT2D eigenvalue weighted by molar-refractivity contribution is -0.120. The minimum absolute atomic E-state index is 0.185. The molecule has 0 bridgehead atoms. The number of nitrogens with one attached hydrogen (secondary N) is 1. The molecule has 0 aliphatic heterocycles. The number of rotatable bonds is 8. The molecule has 4 heteroatoms. The van der Waals surface area contributed by atoms with Crippen molar-refractivity contribution in [2.75, 3.05) is 5.32 Å². The summed E-state index contributed by atoms with van der Waals surface area (Å²) in [6.45, 7) is 4.07. The van der Waals surface area contributed by atoms with Gasteiger partial charge in [-0.15, -0.1) is 0 Å². The molecular formula is C26H26FNO2. The lowest BCUT2D eigenvalue weighted by Gasteiger charge is -2.27. The number of carbonyl (C=O) groups excluding carboxylic acids is 2. The first-order chi connectivity index (χ1) is 14.5. The van der Waals surface area contributed by atoms with Crippen molar-refractivity contribution in [1.82, 2.24) is 0 Å². The molecule has 2 unspecified atom stereocenters. The van der Waals surface area contributed by atoms with Gasteiger partial charge in [-0.2, -0.15) is 0 Å². The Morgan fingerprint density at radius 2 is 1.40 bits per heavy atom. The third-order valence-electron chi connectivity index (χ3n) is 5.08. The van der Waals surface area contributed by atoms with Crippen molar-refractivity contribution in [2.45, 2.75) is 26.2 Å². The van der Waals surface area contributed by atoms with Crippen molar-refractivity contribution in [3.63, 3.8) is 0 Å². The molecule has 0 saturated heterocycles. The van der Waals surface area contributed by atoms with Crippen LogP contribution in [0.1, 0.15) is 42.1 Å². The summed E-state index contributed by atoms with van der Waals surface area (Å²) >= 11 is 0. The monoisotopic (exact) mass is 403 g/mol. The van der Waals surface area contributed by atoms with Crippen molar-refractivity contribution in [1.29, 1.82) is 0 Å². The predicted molar refractivity (Wildman–Crippen MR) is 118 cm³/mol. The van der Waals surface area contributed by atoms with Gasteiger partial charge in [0.1, 0.15) is 5.82 Å². The molecule has 0 saturated carbocycles. The summed E-state index contributed by atoms with van der Waals surface area (Å²) < 4.78 is 13.4. The number of hydrogen-bond acceptors (Lipinski definition) is 2. The topological polar surface area (TPSA) is 46.2 Å². The largest absolute Gasteiger partial charge is 0.326 e. The van der Waals surface area contributed by atoms with E-state index < -0.39 is 17.7 Å². The van der Waals surface area contributed by atoms with Gasteiger partial charge < -0.3 is 5.32 Å². The first-order valence-corrected chi connectivity index (χ1v) is 10.2. The maximum absolute atomic E-state index is 13.5. The van der Waals surface area contributed by atoms with Gasteiger partial charge in [-0.05, 0) is 54.3 Å². The van der Waals surface area contributed by atoms with E-state index in [1.807, 2.05) is 74.5 Å². The molecule has 0 aromatic heterocycles. The van der Waals surface area contributed by atoms with Gasteiger partial charge in [0.2, 0.25) is 5.91 Å². The van der Waals surface area contributed by atoms with Crippen LogP contribution in [-0.2, 0) is 4.79 Å². The van der Waals surface area contributed by atoms with E-state index >= 15 is 0 Å². The van der Waals surface area contributed by atoms with Crippen LogP contribution in [0, 0.1) is 17.7 Å². The summed E-state index contributed by atoms with van der Waals surface area (Å²) in [6.07, 6.45) is 0.547. The number of amides is 1. The number of ketones is 1. The maximum atomic E-state index is 13.5. The number of carbonyl (C=O) groups is 2. The molecule has 1 N–H and O–H groups in total. The number of para-hydroxylation sites is 1. The van der Waals surface area contributed by atoms with Gasteiger partial charge >= 0.3 is 0 Å². The van der Waals surface area contributed by atoms with E-state index in [0.717, 1.165) is 5.56 Å². The van der Waals surface area contributed by atoms with E-state index in [1.165, 1.54) is 24.3 Å². The lowest BCUT2D eigenvalue weighted by atomic mass is 9.76. The van der Waals surface area contributed by atoms with Crippen LogP contribution < -0.4 is 5.32 Å². The quantitative estimate of drug-likeness (QED) is 0.462. The van der Waals surface area contributed by atoms with E-state index in [4.69, 9.17) is 0 Å². The molecule has 154 valence electrons. The Balaban J connectivity index is 2.01. The molecule has 3 aromatic rings. The Bertz CT molecular complexity index is 969. The summed E-state index contributed by atoms with van der Waals surface area (Å²) in [6, 6.07) is 24.1. The summed E-state index contributed by atoms with van der Waals surface area (Å²) in [5.74, 6) is -1.80. The fourth-order valence-corrected chi connectivity index (χ4v) is 3.68. The lowest BCUT2D eigenvalue weighted by Crippen LogP contribution is -2.33. The third kappa shape index (κ3) is 5.41. The van der Waals surface area contributed by atoms with Crippen LogP contribution in [0.2, 0.25) is 0 Å². The number of anilines is 1. The first-order valence-electron chi connectivity index (χ1n) is 10.2. The first kappa shape index (κ1) is 21.4. The molecule has 30 heavy (non-hydrogen) atoms. The Morgan fingerprint density at radius 3 is 1.97 bits per heavy atom. The number of hydrogen-bond donors (Lipinski definition) is 1. The normalized spacial score (nSPS) is 12.9. The van der Waals surface area contributed by atoms with Gasteiger partial charge in [-0.3, -0.25) is 9.59 Å². The smallest absolute Gasteiger partial charge is 0.228 e. The highest BCUT2D eigenvalue weighted by Gasteiger charge is 2.36. The molecular weight excluding hydrogens is 377 g/mol. The van der Waals surface area contributed by atoms with Crippen molar-refractivity contribution in [3.8, 4) is 0 Å². The molecule has 1 amide bonds. The van der Waals surface area contributed by atoms with Crippen LogP contribution in [0.3, 0.4) is 0 Å². The molecule has 0 aliphatic rings. The molecule has 0 fully saturated rings. The van der Waals surface area contributed by atoms with E-state index in [9.17, 15) is 14.0 Å². The van der Waals surface area contributed by atoms with Crippen LogP contribution in [-0.4, -0.2) is 11.7 Å². The van der Waals surface area contributed by atoms with E-state index in [1.54, 1.807) is 0 Å². The van der Waals surface area contributed by atoms with Gasteiger partial charge in [0.15, 0.2) is 5.78 Å². The van der Waals surface area contributed by atoms with Gasteiger partial charge in [0.25, 0.3) is 0 Å². The SMILES string of the molecule is CC(C)CC(C(=O)Nc1ccccc1)C(C(=O)c1ccc(F)cc1)c1ccccc1. The molecule has 0 radical (unpaired) electrons. The second-order valence-corrected chi connectivity index (χ2v) is 7.85. The Morgan fingerprint density at radius 1 is 0.833 bits per heavy atom. The fraction of sp³-hybridized carbons (Fsp3) is 0.231. The Hall–Kier alpha value is -3.27. The van der Waals surface area contributed by atoms with Gasteiger partial charge in [0.05, 0.1) is 11.8 Å². The highest BCUT2D eigenvalue weighted by molar-refractivity contribution is 6.05. The summed E-state index contributed by atoms with van der Waals surface area (Å²) in [5, 5.41) is 2.96. The zero-order valence-corrected chi connectivity index (χ0v) is 17.2. The molecule has 0 spiro atoms. The fourth-order valence-electron chi connectivity index (χ4n) is 3.68. The summed E-state index contributed by atoms with van der Waals surface area (Å²) in [7, 11) is 0. The number of benzene rings is 3. The minimum atomic E-state index is -0.664. The molecule has 0 heterocycles. The van der Waals surface area contributed by atoms with Crippen LogP contribution >= 0.6 is 0 Å². The summed E-state index contributed by atoms with van der Waals surface area (Å²) in [4.78, 5) is 26.9. The zero-order valence-electron chi connectivity index (χ0n) is 17.2. The van der Waals surface area contributed by atoms with E-state index in [0.29, 0.717) is 17.7 Å². The standard InChI is InChI=1S/C26H26FNO2/c1-18(2)17-23(26(30)28-22-11-7-4-8-12-22)24(19-9-5-3-6-10-19)25(29)20-13-15-21(27)16-14-20/h3-16,18,23-24H,17H2,1-2H3,(H,28,30). The highest BCUT2D eigenvalue weighted by Crippen LogP contribution is 2.34. The van der Waals surface area contributed by atoms with Gasteiger partial charge in [-0.1, -0.05) is 62.4 Å². The predicted octanol–water partition coefficient (Wildman–Crippen LogP) is 6.09. The van der Waals surface area contributed by atoms with Crippen molar-refractivity contribution < 1.29 is 14.0 Å². The molecule has 3 nitrogen and oxygen atoms in total. The molecule has 3 aromatic carbocycles. The van der Waals surface area contributed by atoms with Crippen molar-refractivity contribution >= 4 is 17.4 Å². The van der Waals surface area contributed by atoms with Gasteiger partial charge in [0, 0.05) is 11.3 Å². The third-order valence-corrected chi connectivity index (χ3v) is 5.08. The second-order valence-electron chi connectivity index (χ2n) is 7.85. The summed E-state index contributed by atoms with van der Waals surface area (Å²) in [5.41, 5.74) is 1.87. The number of Topliss-reactive ketones (excluding diaryl/α,β-unsaturated/α-hetero) is 1. The van der Waals surface area contributed by atoms with Crippen LogP contribution in [0.25, 0.3) is 0 Å². The van der Waals surface area contributed by atoms with Crippen LogP contribution in [0.5, 0.6) is 0 Å².